The van der Waals surface area contributed by atoms with Crippen LogP contribution in [0.5, 0.6) is 0 Å². The Kier molecular flexibility index (Phi) is 9.72. The SMILES string of the molecule is CC(O)CC(CCC(N)=O)(CC(C)O)C(CC(C)O)(CC(C)O)C(N)=O. The fraction of sp³-hybridized carbons (Fsp3) is 0.889. The molecule has 0 saturated heterocycles. The molecule has 0 aliphatic rings. The number of carbonyl (C=O) groups is 2. The lowest BCUT2D eigenvalue weighted by molar-refractivity contribution is -0.153. The number of nitrogens with two attached hydrogens (primary N) is 2. The van der Waals surface area contributed by atoms with E-state index in [1.54, 1.807) is 0 Å². The Morgan fingerprint density at radius 3 is 1.35 bits per heavy atom. The first kappa shape index (κ1) is 24.8. The van der Waals surface area contributed by atoms with E-state index in [4.69, 9.17) is 11.5 Å². The van der Waals surface area contributed by atoms with Gasteiger partial charge in [0.2, 0.25) is 11.8 Å². The summed E-state index contributed by atoms with van der Waals surface area (Å²) in [4.78, 5) is 24.1. The van der Waals surface area contributed by atoms with E-state index in [-0.39, 0.29) is 38.5 Å². The van der Waals surface area contributed by atoms with Gasteiger partial charge in [-0.15, -0.1) is 0 Å². The average molecular weight is 376 g/mol. The monoisotopic (exact) mass is 376 g/mol. The van der Waals surface area contributed by atoms with Crippen LogP contribution in [0.15, 0.2) is 0 Å². The number of hydrogen-bond donors (Lipinski definition) is 6. The number of amides is 2. The first-order valence-corrected chi connectivity index (χ1v) is 9.08. The van der Waals surface area contributed by atoms with Crippen molar-refractivity contribution in [3.05, 3.63) is 0 Å². The second-order valence-corrected chi connectivity index (χ2v) is 7.91. The minimum Gasteiger partial charge on any atom is -0.393 e. The molecule has 0 radical (unpaired) electrons. The van der Waals surface area contributed by atoms with Crippen molar-refractivity contribution in [2.45, 2.75) is 90.6 Å². The molecule has 8 heteroatoms. The van der Waals surface area contributed by atoms with Crippen LogP contribution in [0.4, 0.5) is 0 Å². The van der Waals surface area contributed by atoms with Crippen molar-refractivity contribution in [1.82, 2.24) is 0 Å². The van der Waals surface area contributed by atoms with Gasteiger partial charge in [0, 0.05) is 6.42 Å². The summed E-state index contributed by atoms with van der Waals surface area (Å²) in [6, 6.07) is 0. The molecule has 4 unspecified atom stereocenters. The predicted molar refractivity (Wildman–Crippen MR) is 97.7 cm³/mol. The van der Waals surface area contributed by atoms with Crippen molar-refractivity contribution >= 4 is 11.8 Å². The molecule has 0 bridgehead atoms. The highest BCUT2D eigenvalue weighted by atomic mass is 16.3. The standard InChI is InChI=1S/C18H36N2O6/c1-11(21)7-17(8-12(2)22,6-5-15(19)25)18(16(20)26,9-13(3)23)10-14(4)24/h11-14,21-24H,5-10H2,1-4H3,(H2,19,25)(H2,20,26). The van der Waals surface area contributed by atoms with Crippen molar-refractivity contribution in [1.29, 1.82) is 0 Å². The van der Waals surface area contributed by atoms with Crippen molar-refractivity contribution in [2.24, 2.45) is 22.3 Å². The summed E-state index contributed by atoms with van der Waals surface area (Å²) < 4.78 is 0. The minimum absolute atomic E-state index is 0.0631. The Morgan fingerprint density at radius 1 is 0.769 bits per heavy atom. The lowest BCUT2D eigenvalue weighted by Crippen LogP contribution is -2.56. The minimum atomic E-state index is -1.43. The predicted octanol–water partition coefficient (Wildman–Crippen LogP) is -0.206. The highest BCUT2D eigenvalue weighted by Gasteiger charge is 2.56. The highest BCUT2D eigenvalue weighted by Crippen LogP contribution is 2.55. The third-order valence-corrected chi connectivity index (χ3v) is 5.00. The molecule has 0 aliphatic carbocycles. The van der Waals surface area contributed by atoms with Crippen LogP contribution in [0.3, 0.4) is 0 Å². The summed E-state index contributed by atoms with van der Waals surface area (Å²) in [5.41, 5.74) is 8.52. The maximum Gasteiger partial charge on any atom is 0.224 e. The Hall–Kier alpha value is -1.22. The van der Waals surface area contributed by atoms with E-state index in [0.717, 1.165) is 0 Å². The van der Waals surface area contributed by atoms with Gasteiger partial charge in [-0.3, -0.25) is 9.59 Å². The third kappa shape index (κ3) is 6.83. The maximum atomic E-state index is 12.7. The van der Waals surface area contributed by atoms with Gasteiger partial charge in [-0.2, -0.15) is 0 Å². The molecule has 8 N–H and O–H groups in total. The van der Waals surface area contributed by atoms with Gasteiger partial charge in [-0.1, -0.05) is 0 Å². The summed E-state index contributed by atoms with van der Waals surface area (Å²) in [7, 11) is 0. The molecule has 4 atom stereocenters. The van der Waals surface area contributed by atoms with Gasteiger partial charge < -0.3 is 31.9 Å². The zero-order valence-electron chi connectivity index (χ0n) is 16.3. The highest BCUT2D eigenvalue weighted by molar-refractivity contribution is 5.82. The number of rotatable bonds is 13. The van der Waals surface area contributed by atoms with E-state index in [2.05, 4.69) is 0 Å². The van der Waals surface area contributed by atoms with Crippen molar-refractivity contribution < 1.29 is 30.0 Å². The number of carbonyl (C=O) groups excluding carboxylic acids is 2. The van der Waals surface area contributed by atoms with Gasteiger partial charge in [-0.25, -0.2) is 0 Å². The fourth-order valence-electron chi connectivity index (χ4n) is 4.40. The van der Waals surface area contributed by atoms with Crippen LogP contribution in [0.2, 0.25) is 0 Å². The van der Waals surface area contributed by atoms with Crippen LogP contribution < -0.4 is 11.5 Å². The van der Waals surface area contributed by atoms with E-state index in [1.807, 2.05) is 0 Å². The van der Waals surface area contributed by atoms with Crippen LogP contribution >= 0.6 is 0 Å². The van der Waals surface area contributed by atoms with Crippen molar-refractivity contribution in [3.63, 3.8) is 0 Å². The summed E-state index contributed by atoms with van der Waals surface area (Å²) in [6.45, 7) is 6.09. The molecular weight excluding hydrogens is 340 g/mol. The van der Waals surface area contributed by atoms with E-state index in [1.165, 1.54) is 27.7 Å². The smallest absolute Gasteiger partial charge is 0.224 e. The van der Waals surface area contributed by atoms with Crippen LogP contribution in [0.1, 0.15) is 66.2 Å². The second-order valence-electron chi connectivity index (χ2n) is 7.91. The maximum absolute atomic E-state index is 12.7. The molecule has 154 valence electrons. The fourth-order valence-corrected chi connectivity index (χ4v) is 4.40. The molecule has 0 rings (SSSR count). The third-order valence-electron chi connectivity index (χ3n) is 5.00. The molecule has 2 amide bonds. The molecule has 0 aromatic heterocycles. The van der Waals surface area contributed by atoms with Crippen LogP contribution in [-0.2, 0) is 9.59 Å². The summed E-state index contributed by atoms with van der Waals surface area (Å²) in [6.07, 6.45) is -3.53. The number of aliphatic hydroxyl groups excluding tert-OH is 4. The first-order chi connectivity index (χ1) is 11.8. The molecule has 0 aromatic carbocycles. The zero-order chi connectivity index (χ0) is 20.7. The van der Waals surface area contributed by atoms with E-state index < -0.39 is 47.1 Å². The van der Waals surface area contributed by atoms with Gasteiger partial charge >= 0.3 is 0 Å². The Labute approximate surface area is 155 Å². The normalized spacial score (nSPS) is 21.1. The summed E-state index contributed by atoms with van der Waals surface area (Å²) in [5, 5.41) is 40.3. The summed E-state index contributed by atoms with van der Waals surface area (Å²) in [5.74, 6) is -1.33. The lowest BCUT2D eigenvalue weighted by atomic mass is 9.52. The van der Waals surface area contributed by atoms with Crippen LogP contribution in [-0.4, -0.2) is 56.7 Å². The van der Waals surface area contributed by atoms with Gasteiger partial charge in [0.05, 0.1) is 29.8 Å². The number of aliphatic hydroxyl groups is 4. The quantitative estimate of drug-likeness (QED) is 0.260. The largest absolute Gasteiger partial charge is 0.393 e. The van der Waals surface area contributed by atoms with Crippen molar-refractivity contribution in [3.8, 4) is 0 Å². The number of hydrogen-bond acceptors (Lipinski definition) is 6. The average Bonchev–Trinajstić information content (AvgIpc) is 2.41. The molecule has 0 fully saturated rings. The zero-order valence-corrected chi connectivity index (χ0v) is 16.3. The number of primary amides is 2. The van der Waals surface area contributed by atoms with E-state index in [0.29, 0.717) is 0 Å². The molecule has 8 nitrogen and oxygen atoms in total. The molecular formula is C18H36N2O6. The van der Waals surface area contributed by atoms with Gasteiger partial charge in [0.15, 0.2) is 0 Å². The van der Waals surface area contributed by atoms with E-state index >= 15 is 0 Å². The molecule has 26 heavy (non-hydrogen) atoms. The van der Waals surface area contributed by atoms with Gasteiger partial charge in [-0.05, 0) is 65.2 Å². The Bertz CT molecular complexity index is 443. The van der Waals surface area contributed by atoms with Gasteiger partial charge in [0.25, 0.3) is 0 Å². The van der Waals surface area contributed by atoms with E-state index in [9.17, 15) is 30.0 Å². The molecule has 0 aliphatic heterocycles. The second kappa shape index (κ2) is 10.2. The first-order valence-electron chi connectivity index (χ1n) is 9.08. The Morgan fingerprint density at radius 2 is 1.12 bits per heavy atom. The molecule has 0 heterocycles. The van der Waals surface area contributed by atoms with Gasteiger partial charge in [0.1, 0.15) is 0 Å². The van der Waals surface area contributed by atoms with Crippen LogP contribution in [0, 0.1) is 10.8 Å². The molecule has 0 saturated carbocycles. The van der Waals surface area contributed by atoms with Crippen LogP contribution in [0.25, 0.3) is 0 Å². The lowest BCUT2D eigenvalue weighted by Gasteiger charge is -2.52. The van der Waals surface area contributed by atoms with Crippen molar-refractivity contribution in [2.75, 3.05) is 0 Å². The molecule has 0 spiro atoms. The Balaban J connectivity index is 6.55. The molecule has 0 aromatic rings. The topological polar surface area (TPSA) is 167 Å². The summed E-state index contributed by atoms with van der Waals surface area (Å²) >= 11 is 0.